The van der Waals surface area contributed by atoms with E-state index in [2.05, 4.69) is 20.8 Å². The van der Waals surface area contributed by atoms with Crippen LogP contribution in [0.1, 0.15) is 5.56 Å². The number of para-hydroxylation sites is 1. The summed E-state index contributed by atoms with van der Waals surface area (Å²) in [6, 6.07) is 13.3. The molecular weight excluding hydrogens is 322 g/mol. The highest BCUT2D eigenvalue weighted by atomic mass is 16.6. The van der Waals surface area contributed by atoms with Crippen LogP contribution in [-0.4, -0.2) is 20.8 Å². The Morgan fingerprint density at radius 2 is 1.84 bits per heavy atom. The molecule has 0 aliphatic heterocycles. The molecule has 0 aliphatic rings. The predicted octanol–water partition coefficient (Wildman–Crippen LogP) is 2.69. The first kappa shape index (κ1) is 16.1. The van der Waals surface area contributed by atoms with E-state index in [9.17, 15) is 14.9 Å². The molecule has 0 spiro atoms. The summed E-state index contributed by atoms with van der Waals surface area (Å²) < 4.78 is 0. The fourth-order valence-corrected chi connectivity index (χ4v) is 2.15. The molecule has 3 aromatic rings. The number of aromatic nitrogens is 2. The molecule has 1 heterocycles. The number of nitrogens with one attached hydrogen (secondary N) is 2. The van der Waals surface area contributed by atoms with Crippen LogP contribution >= 0.6 is 0 Å². The zero-order chi connectivity index (χ0) is 17.6. The van der Waals surface area contributed by atoms with Gasteiger partial charge in [0.05, 0.1) is 10.4 Å². The van der Waals surface area contributed by atoms with Gasteiger partial charge in [0.2, 0.25) is 0 Å². The molecular formula is C17H13N5O3. The molecule has 8 nitrogen and oxygen atoms in total. The molecule has 0 saturated carbocycles. The number of anilines is 1. The van der Waals surface area contributed by atoms with Gasteiger partial charge < -0.3 is 0 Å². The predicted molar refractivity (Wildman–Crippen MR) is 93.4 cm³/mol. The van der Waals surface area contributed by atoms with Crippen molar-refractivity contribution in [2.75, 3.05) is 5.43 Å². The van der Waals surface area contributed by atoms with Crippen LogP contribution in [0.25, 0.3) is 17.0 Å². The minimum absolute atomic E-state index is 0.00101. The van der Waals surface area contributed by atoms with E-state index >= 15 is 0 Å². The van der Waals surface area contributed by atoms with Crippen molar-refractivity contribution in [1.82, 2.24) is 15.4 Å². The van der Waals surface area contributed by atoms with E-state index in [0.29, 0.717) is 11.4 Å². The molecule has 8 heteroatoms. The number of nitro groups is 1. The third-order valence-electron chi connectivity index (χ3n) is 3.38. The first-order valence-corrected chi connectivity index (χ1v) is 7.32. The number of hydrazine groups is 1. The van der Waals surface area contributed by atoms with E-state index in [0.717, 1.165) is 10.9 Å². The lowest BCUT2D eigenvalue weighted by Gasteiger charge is -2.07. The maximum absolute atomic E-state index is 11.9. The van der Waals surface area contributed by atoms with Crippen LogP contribution < -0.4 is 10.9 Å². The van der Waals surface area contributed by atoms with E-state index in [1.54, 1.807) is 18.2 Å². The number of amides is 1. The topological polar surface area (TPSA) is 110 Å². The molecule has 2 aromatic carbocycles. The monoisotopic (exact) mass is 335 g/mol. The van der Waals surface area contributed by atoms with Gasteiger partial charge in [-0.25, -0.2) is 9.97 Å². The van der Waals surface area contributed by atoms with Crippen molar-refractivity contribution in [2.45, 2.75) is 0 Å². The van der Waals surface area contributed by atoms with Gasteiger partial charge in [0, 0.05) is 23.6 Å². The molecule has 0 radical (unpaired) electrons. The lowest BCUT2D eigenvalue weighted by Crippen LogP contribution is -2.28. The van der Waals surface area contributed by atoms with Gasteiger partial charge >= 0.3 is 0 Å². The van der Waals surface area contributed by atoms with Crippen molar-refractivity contribution in [1.29, 1.82) is 0 Å². The van der Waals surface area contributed by atoms with Gasteiger partial charge in [-0.3, -0.25) is 25.8 Å². The number of carbonyl (C=O) groups excluding carboxylic acids is 1. The Kier molecular flexibility index (Phi) is 4.61. The number of nitro benzene ring substituents is 1. The van der Waals surface area contributed by atoms with Crippen LogP contribution in [0.4, 0.5) is 11.5 Å². The molecule has 0 aliphatic carbocycles. The lowest BCUT2D eigenvalue weighted by molar-refractivity contribution is -0.384. The normalized spacial score (nSPS) is 10.7. The molecule has 0 bridgehead atoms. The summed E-state index contributed by atoms with van der Waals surface area (Å²) in [7, 11) is 0. The van der Waals surface area contributed by atoms with Crippen LogP contribution in [0.2, 0.25) is 0 Å². The number of nitrogens with zero attached hydrogens (tertiary/aromatic N) is 3. The van der Waals surface area contributed by atoms with Crippen molar-refractivity contribution in [3.05, 3.63) is 76.6 Å². The highest BCUT2D eigenvalue weighted by molar-refractivity contribution is 5.94. The van der Waals surface area contributed by atoms with Crippen molar-refractivity contribution >= 4 is 34.4 Å². The second-order valence-corrected chi connectivity index (χ2v) is 5.04. The molecule has 1 aromatic heterocycles. The van der Waals surface area contributed by atoms with Crippen molar-refractivity contribution in [3.8, 4) is 0 Å². The SMILES string of the molecule is O=C(/C=C/c1ccc([N+](=O)[O-])cc1)NNc1ncnc2ccccc12. The minimum Gasteiger partial charge on any atom is -0.281 e. The number of hydrogen-bond donors (Lipinski definition) is 2. The molecule has 0 unspecified atom stereocenters. The molecule has 3 rings (SSSR count). The highest BCUT2D eigenvalue weighted by Gasteiger charge is 2.04. The second-order valence-electron chi connectivity index (χ2n) is 5.04. The highest BCUT2D eigenvalue weighted by Crippen LogP contribution is 2.17. The Morgan fingerprint density at radius 3 is 2.60 bits per heavy atom. The van der Waals surface area contributed by atoms with Crippen molar-refractivity contribution in [3.63, 3.8) is 0 Å². The van der Waals surface area contributed by atoms with E-state index in [1.807, 2.05) is 24.3 Å². The number of rotatable bonds is 5. The maximum Gasteiger partial charge on any atom is 0.269 e. The van der Waals surface area contributed by atoms with Gasteiger partial charge in [-0.2, -0.15) is 0 Å². The second kappa shape index (κ2) is 7.18. The zero-order valence-corrected chi connectivity index (χ0v) is 12.9. The summed E-state index contributed by atoms with van der Waals surface area (Å²) in [4.78, 5) is 30.2. The number of hydrogen-bond acceptors (Lipinski definition) is 6. The smallest absolute Gasteiger partial charge is 0.269 e. The largest absolute Gasteiger partial charge is 0.281 e. The van der Waals surface area contributed by atoms with Crippen molar-refractivity contribution in [2.24, 2.45) is 0 Å². The first-order chi connectivity index (χ1) is 12.1. The van der Waals surface area contributed by atoms with Gasteiger partial charge in [0.15, 0.2) is 5.82 Å². The van der Waals surface area contributed by atoms with Gasteiger partial charge in [-0.05, 0) is 35.9 Å². The van der Waals surface area contributed by atoms with E-state index in [4.69, 9.17) is 0 Å². The summed E-state index contributed by atoms with van der Waals surface area (Å²) in [6.07, 6.45) is 4.28. The third-order valence-corrected chi connectivity index (χ3v) is 3.38. The fourth-order valence-electron chi connectivity index (χ4n) is 2.15. The fraction of sp³-hybridized carbons (Fsp3) is 0. The van der Waals surface area contributed by atoms with Gasteiger partial charge in [0.1, 0.15) is 6.33 Å². The van der Waals surface area contributed by atoms with E-state index < -0.39 is 4.92 Å². The summed E-state index contributed by atoms with van der Waals surface area (Å²) >= 11 is 0. The number of non-ortho nitro benzene ring substituents is 1. The van der Waals surface area contributed by atoms with Crippen LogP contribution in [0.15, 0.2) is 60.9 Å². The summed E-state index contributed by atoms with van der Waals surface area (Å²) in [5, 5.41) is 11.4. The summed E-state index contributed by atoms with van der Waals surface area (Å²) in [5.74, 6) is 0.101. The number of carbonyl (C=O) groups is 1. The van der Waals surface area contributed by atoms with Crippen LogP contribution in [0.3, 0.4) is 0 Å². The molecule has 25 heavy (non-hydrogen) atoms. The Labute approximate surface area is 142 Å². The molecule has 0 fully saturated rings. The number of fused-ring (bicyclic) bond motifs is 1. The zero-order valence-electron chi connectivity index (χ0n) is 12.9. The Bertz CT molecular complexity index is 949. The molecule has 1 amide bonds. The standard InChI is InChI=1S/C17H13N5O3/c23-16(10-7-12-5-8-13(9-6-12)22(24)25)20-21-17-14-3-1-2-4-15(14)18-11-19-17/h1-11H,(H,20,23)(H,18,19,21)/b10-7+. The average molecular weight is 335 g/mol. The van der Waals surface area contributed by atoms with Crippen LogP contribution in [-0.2, 0) is 4.79 Å². The van der Waals surface area contributed by atoms with Gasteiger partial charge in [0.25, 0.3) is 11.6 Å². The Balaban J connectivity index is 1.63. The molecule has 124 valence electrons. The minimum atomic E-state index is -0.476. The molecule has 2 N–H and O–H groups in total. The van der Waals surface area contributed by atoms with Crippen LogP contribution in [0, 0.1) is 10.1 Å². The number of benzene rings is 2. The Hall–Kier alpha value is -3.81. The summed E-state index contributed by atoms with van der Waals surface area (Å²) in [5.41, 5.74) is 6.71. The Morgan fingerprint density at radius 1 is 1.08 bits per heavy atom. The third kappa shape index (κ3) is 3.94. The molecule has 0 saturated heterocycles. The van der Waals surface area contributed by atoms with Gasteiger partial charge in [-0.1, -0.05) is 12.1 Å². The first-order valence-electron chi connectivity index (χ1n) is 7.32. The lowest BCUT2D eigenvalue weighted by atomic mass is 10.2. The maximum atomic E-state index is 11.9. The van der Waals surface area contributed by atoms with E-state index in [-0.39, 0.29) is 11.6 Å². The summed E-state index contributed by atoms with van der Waals surface area (Å²) in [6.45, 7) is 0. The van der Waals surface area contributed by atoms with Gasteiger partial charge in [-0.15, -0.1) is 0 Å². The average Bonchev–Trinajstić information content (AvgIpc) is 2.65. The quantitative estimate of drug-likeness (QED) is 0.421. The molecule has 0 atom stereocenters. The van der Waals surface area contributed by atoms with Crippen LogP contribution in [0.5, 0.6) is 0 Å². The van der Waals surface area contributed by atoms with Crippen molar-refractivity contribution < 1.29 is 9.72 Å². The van der Waals surface area contributed by atoms with E-state index in [1.165, 1.54) is 24.5 Å².